The van der Waals surface area contributed by atoms with Gasteiger partial charge < -0.3 is 0 Å². The summed E-state index contributed by atoms with van der Waals surface area (Å²) in [5.74, 6) is 0. The van der Waals surface area contributed by atoms with Crippen LogP contribution in [0.15, 0.2) is 237 Å². The first-order valence-corrected chi connectivity index (χ1v) is 20.6. The van der Waals surface area contributed by atoms with E-state index in [0.717, 1.165) is 22.0 Å². The highest BCUT2D eigenvalue weighted by Crippen LogP contribution is 2.48. The van der Waals surface area contributed by atoms with Gasteiger partial charge in [-0.15, -0.1) is 0 Å². The lowest BCUT2D eigenvalue weighted by Crippen LogP contribution is -1.95. The van der Waals surface area contributed by atoms with E-state index in [1.165, 1.54) is 88.3 Å². The lowest BCUT2D eigenvalue weighted by molar-refractivity contribution is 1.41. The van der Waals surface area contributed by atoms with Gasteiger partial charge in [0.15, 0.2) is 0 Å². The summed E-state index contributed by atoms with van der Waals surface area (Å²) >= 11 is 0. The van der Waals surface area contributed by atoms with Crippen LogP contribution in [0, 0.1) is 0 Å². The summed E-state index contributed by atoms with van der Waals surface area (Å²) in [6.45, 7) is 0. The van der Waals surface area contributed by atoms with Crippen LogP contribution < -0.4 is 0 Å². The highest BCUT2D eigenvalue weighted by Gasteiger charge is 2.21. The standard InChI is InChI=1S/C59H39N/c1-4-18-40(19-5-1)48-35-36-49(58(42-22-8-3-9-23-42)57(48)41-20-6-2-7-21-41)44-25-14-27-46(38-44)55-51-30-10-12-32-53(51)56(54-33-13-11-31-52(54)55)47-28-15-26-45(39-47)50-34-16-24-43-29-17-37-60-59(43)50/h1-39H. The molecule has 0 amide bonds. The van der Waals surface area contributed by atoms with Crippen LogP contribution in [0.25, 0.3) is 110 Å². The Hall–Kier alpha value is -7.87. The molecule has 0 aliphatic carbocycles. The maximum Gasteiger partial charge on any atom is 0.0780 e. The Morgan fingerprint density at radius 2 is 0.617 bits per heavy atom. The smallest absolute Gasteiger partial charge is 0.0780 e. The molecule has 1 heterocycles. The molecule has 0 unspecified atom stereocenters. The van der Waals surface area contributed by atoms with Crippen molar-refractivity contribution in [3.05, 3.63) is 237 Å². The van der Waals surface area contributed by atoms with E-state index in [2.05, 4.69) is 224 Å². The van der Waals surface area contributed by atoms with Gasteiger partial charge in [0.05, 0.1) is 5.52 Å². The van der Waals surface area contributed by atoms with Crippen molar-refractivity contribution in [2.24, 2.45) is 0 Å². The minimum absolute atomic E-state index is 1.02. The fourth-order valence-electron chi connectivity index (χ4n) is 9.28. The van der Waals surface area contributed by atoms with Gasteiger partial charge in [0.25, 0.3) is 0 Å². The summed E-state index contributed by atoms with van der Waals surface area (Å²) in [5.41, 5.74) is 17.8. The number of pyridine rings is 1. The minimum Gasteiger partial charge on any atom is -0.256 e. The van der Waals surface area contributed by atoms with Crippen molar-refractivity contribution >= 4 is 32.4 Å². The lowest BCUT2D eigenvalue weighted by atomic mass is 9.82. The zero-order chi connectivity index (χ0) is 39.8. The molecule has 280 valence electrons. The van der Waals surface area contributed by atoms with E-state index in [-0.39, 0.29) is 0 Å². The van der Waals surface area contributed by atoms with Gasteiger partial charge in [-0.05, 0) is 112 Å². The Balaban J connectivity index is 1.13. The van der Waals surface area contributed by atoms with Gasteiger partial charge >= 0.3 is 0 Å². The SMILES string of the molecule is c1ccc(-c2ccc(-c3cccc(-c4c5ccccc5c(-c5cccc(-c6cccc7cccnc67)c5)c5ccccc45)c3)c(-c3ccccc3)c2-c2ccccc2)cc1. The molecule has 11 rings (SSSR count). The van der Waals surface area contributed by atoms with Crippen LogP contribution in [-0.2, 0) is 0 Å². The van der Waals surface area contributed by atoms with E-state index in [9.17, 15) is 0 Å². The highest BCUT2D eigenvalue weighted by molar-refractivity contribution is 6.21. The van der Waals surface area contributed by atoms with Crippen molar-refractivity contribution in [2.45, 2.75) is 0 Å². The molecule has 60 heavy (non-hydrogen) atoms. The van der Waals surface area contributed by atoms with Gasteiger partial charge in [-0.2, -0.15) is 0 Å². The van der Waals surface area contributed by atoms with Gasteiger partial charge in [-0.25, -0.2) is 0 Å². The Morgan fingerprint density at radius 3 is 1.13 bits per heavy atom. The number of rotatable bonds is 7. The molecule has 1 nitrogen and oxygen atoms in total. The zero-order valence-electron chi connectivity index (χ0n) is 33.0. The highest BCUT2D eigenvalue weighted by atomic mass is 14.6. The van der Waals surface area contributed by atoms with Crippen LogP contribution >= 0.6 is 0 Å². The monoisotopic (exact) mass is 761 g/mol. The largest absolute Gasteiger partial charge is 0.256 e. The first-order valence-electron chi connectivity index (χ1n) is 20.6. The maximum absolute atomic E-state index is 4.79. The van der Waals surface area contributed by atoms with Crippen LogP contribution in [-0.4, -0.2) is 4.98 Å². The van der Waals surface area contributed by atoms with E-state index in [1.807, 2.05) is 12.3 Å². The molecule has 0 spiro atoms. The molecule has 0 aliphatic rings. The van der Waals surface area contributed by atoms with Crippen molar-refractivity contribution < 1.29 is 0 Å². The third-order valence-corrected chi connectivity index (χ3v) is 11.9. The Labute approximate surface area is 350 Å². The molecule has 0 fully saturated rings. The van der Waals surface area contributed by atoms with Crippen LogP contribution in [0.1, 0.15) is 0 Å². The molecule has 11 aromatic rings. The van der Waals surface area contributed by atoms with Gasteiger partial charge in [-0.3, -0.25) is 4.98 Å². The summed E-state index contributed by atoms with van der Waals surface area (Å²) in [5, 5.41) is 6.06. The summed E-state index contributed by atoms with van der Waals surface area (Å²) in [6.07, 6.45) is 1.88. The number of hydrogen-bond donors (Lipinski definition) is 0. The predicted molar refractivity (Wildman–Crippen MR) is 255 cm³/mol. The minimum atomic E-state index is 1.02. The first-order chi connectivity index (χ1) is 29.8. The third-order valence-electron chi connectivity index (χ3n) is 11.9. The predicted octanol–water partition coefficient (Wildman–Crippen LogP) is 16.2. The van der Waals surface area contributed by atoms with Crippen molar-refractivity contribution in [2.75, 3.05) is 0 Å². The van der Waals surface area contributed by atoms with E-state index < -0.39 is 0 Å². The quantitative estimate of drug-likeness (QED) is 0.147. The van der Waals surface area contributed by atoms with E-state index in [0.29, 0.717) is 0 Å². The van der Waals surface area contributed by atoms with Crippen LogP contribution in [0.3, 0.4) is 0 Å². The average Bonchev–Trinajstić information content (AvgIpc) is 3.33. The van der Waals surface area contributed by atoms with E-state index in [4.69, 9.17) is 4.98 Å². The van der Waals surface area contributed by atoms with Gasteiger partial charge in [0, 0.05) is 17.1 Å². The molecule has 0 aliphatic heterocycles. The fourth-order valence-corrected chi connectivity index (χ4v) is 9.28. The summed E-state index contributed by atoms with van der Waals surface area (Å²) in [6, 6.07) is 83.8. The average molecular weight is 762 g/mol. The molecular weight excluding hydrogens is 723 g/mol. The number of para-hydroxylation sites is 1. The molecule has 1 aromatic heterocycles. The van der Waals surface area contributed by atoms with E-state index in [1.54, 1.807) is 0 Å². The van der Waals surface area contributed by atoms with Gasteiger partial charge in [0.1, 0.15) is 0 Å². The number of fused-ring (bicyclic) bond motifs is 3. The molecule has 0 atom stereocenters. The summed E-state index contributed by atoms with van der Waals surface area (Å²) in [4.78, 5) is 4.79. The maximum atomic E-state index is 4.79. The molecule has 1 heteroatoms. The molecule has 0 saturated heterocycles. The Bertz CT molecular complexity index is 3290. The van der Waals surface area contributed by atoms with E-state index >= 15 is 0 Å². The summed E-state index contributed by atoms with van der Waals surface area (Å²) in [7, 11) is 0. The molecule has 10 aromatic carbocycles. The number of aromatic nitrogens is 1. The first kappa shape index (κ1) is 35.3. The Kier molecular flexibility index (Phi) is 8.91. The summed E-state index contributed by atoms with van der Waals surface area (Å²) < 4.78 is 0. The van der Waals surface area contributed by atoms with Crippen molar-refractivity contribution in [1.82, 2.24) is 4.98 Å². The van der Waals surface area contributed by atoms with Gasteiger partial charge in [0.2, 0.25) is 0 Å². The molecule has 0 radical (unpaired) electrons. The van der Waals surface area contributed by atoms with Crippen LogP contribution in [0.2, 0.25) is 0 Å². The molecule has 0 bridgehead atoms. The lowest BCUT2D eigenvalue weighted by Gasteiger charge is -2.21. The van der Waals surface area contributed by atoms with Crippen molar-refractivity contribution in [3.8, 4) is 77.9 Å². The third kappa shape index (κ3) is 6.16. The normalized spacial score (nSPS) is 11.3. The number of hydrogen-bond acceptors (Lipinski definition) is 1. The number of nitrogens with zero attached hydrogens (tertiary/aromatic N) is 1. The van der Waals surface area contributed by atoms with Crippen molar-refractivity contribution in [1.29, 1.82) is 0 Å². The Morgan fingerprint density at radius 1 is 0.233 bits per heavy atom. The number of benzene rings is 10. The van der Waals surface area contributed by atoms with Crippen LogP contribution in [0.4, 0.5) is 0 Å². The fraction of sp³-hybridized carbons (Fsp3) is 0. The van der Waals surface area contributed by atoms with Crippen LogP contribution in [0.5, 0.6) is 0 Å². The second-order valence-electron chi connectivity index (χ2n) is 15.4. The second-order valence-corrected chi connectivity index (χ2v) is 15.4. The molecule has 0 saturated carbocycles. The van der Waals surface area contributed by atoms with Gasteiger partial charge in [-0.1, -0.05) is 212 Å². The topological polar surface area (TPSA) is 12.9 Å². The molecule has 0 N–H and O–H groups in total. The zero-order valence-corrected chi connectivity index (χ0v) is 33.0. The van der Waals surface area contributed by atoms with Crippen molar-refractivity contribution in [3.63, 3.8) is 0 Å². The second kappa shape index (κ2) is 15.1. The molecular formula is C59H39N.